The number of anilines is 1. The Balaban J connectivity index is 1.40. The molecule has 7 heteroatoms. The number of aromatic nitrogens is 2. The lowest BCUT2D eigenvalue weighted by Gasteiger charge is -2.29. The van der Waals surface area contributed by atoms with Crippen molar-refractivity contribution in [1.29, 1.82) is 0 Å². The zero-order valence-corrected chi connectivity index (χ0v) is 19.6. The van der Waals surface area contributed by atoms with Crippen LogP contribution in [0.25, 0.3) is 11.0 Å². The molecule has 0 atom stereocenters. The topological polar surface area (TPSA) is 67.2 Å². The fourth-order valence-electron chi connectivity index (χ4n) is 4.31. The van der Waals surface area contributed by atoms with Crippen molar-refractivity contribution in [2.24, 2.45) is 0 Å². The normalized spacial score (nSPS) is 13.1. The first kappa shape index (κ1) is 21.4. The summed E-state index contributed by atoms with van der Waals surface area (Å²) in [4.78, 5) is 32.6. The number of nitrogens with zero attached hydrogens (tertiary/aromatic N) is 3. The van der Waals surface area contributed by atoms with Crippen molar-refractivity contribution in [2.75, 3.05) is 11.4 Å². The van der Waals surface area contributed by atoms with Gasteiger partial charge in [0.2, 0.25) is 5.91 Å². The number of rotatable bonds is 5. The molecular weight excluding hydrogens is 480 g/mol. The van der Waals surface area contributed by atoms with Gasteiger partial charge in [-0.25, -0.2) is 4.98 Å². The van der Waals surface area contributed by atoms with Gasteiger partial charge in [-0.2, -0.15) is 0 Å². The standard InChI is InChI=1S/C26H23BrN4O2/c27-20-13-11-19(12-14-20)26(33)28-16-24-29-21-8-2-4-10-23(21)31(24)17-25(32)30-15-5-7-18-6-1-3-9-22(18)30/h1-4,6,8-14H,5,7,15-17H2,(H,28,33). The third kappa shape index (κ3) is 4.41. The maximum Gasteiger partial charge on any atom is 0.251 e. The van der Waals surface area contributed by atoms with Gasteiger partial charge in [0.05, 0.1) is 17.6 Å². The second-order valence-electron chi connectivity index (χ2n) is 8.07. The van der Waals surface area contributed by atoms with Gasteiger partial charge in [-0.05, 0) is 60.9 Å². The van der Waals surface area contributed by atoms with Crippen LogP contribution in [-0.4, -0.2) is 27.9 Å². The molecule has 33 heavy (non-hydrogen) atoms. The van der Waals surface area contributed by atoms with E-state index < -0.39 is 0 Å². The molecule has 0 saturated heterocycles. The molecule has 2 amide bonds. The molecule has 166 valence electrons. The number of carbonyl (C=O) groups excluding carboxylic acids is 2. The number of carbonyl (C=O) groups is 2. The Morgan fingerprint density at radius 2 is 1.73 bits per heavy atom. The van der Waals surface area contributed by atoms with E-state index in [1.807, 2.05) is 64.1 Å². The van der Waals surface area contributed by atoms with Gasteiger partial charge in [-0.15, -0.1) is 0 Å². The molecule has 0 saturated carbocycles. The highest BCUT2D eigenvalue weighted by Gasteiger charge is 2.24. The minimum atomic E-state index is -0.183. The lowest BCUT2D eigenvalue weighted by atomic mass is 10.0. The highest BCUT2D eigenvalue weighted by molar-refractivity contribution is 9.10. The summed E-state index contributed by atoms with van der Waals surface area (Å²) in [5, 5.41) is 2.94. The van der Waals surface area contributed by atoms with Crippen LogP contribution in [0.4, 0.5) is 5.69 Å². The predicted molar refractivity (Wildman–Crippen MR) is 132 cm³/mol. The first-order valence-electron chi connectivity index (χ1n) is 11.0. The van der Waals surface area contributed by atoms with Crippen LogP contribution in [0.1, 0.15) is 28.2 Å². The number of imidazole rings is 1. The Labute approximate surface area is 200 Å². The molecular formula is C26H23BrN4O2. The fourth-order valence-corrected chi connectivity index (χ4v) is 4.58. The second kappa shape index (κ2) is 9.19. The van der Waals surface area contributed by atoms with Gasteiger partial charge in [-0.3, -0.25) is 9.59 Å². The van der Waals surface area contributed by atoms with Crippen LogP contribution in [0.2, 0.25) is 0 Å². The molecule has 4 aromatic rings. The highest BCUT2D eigenvalue weighted by Crippen LogP contribution is 2.27. The van der Waals surface area contributed by atoms with Crippen LogP contribution in [0.3, 0.4) is 0 Å². The number of fused-ring (bicyclic) bond motifs is 2. The largest absolute Gasteiger partial charge is 0.345 e. The number of para-hydroxylation sites is 3. The molecule has 1 aliphatic heterocycles. The Morgan fingerprint density at radius 3 is 2.58 bits per heavy atom. The van der Waals surface area contributed by atoms with E-state index in [1.54, 1.807) is 12.1 Å². The van der Waals surface area contributed by atoms with Gasteiger partial charge in [0.15, 0.2) is 0 Å². The molecule has 1 aromatic heterocycles. The zero-order valence-electron chi connectivity index (χ0n) is 18.0. The number of amides is 2. The second-order valence-corrected chi connectivity index (χ2v) is 8.99. The number of nitrogens with one attached hydrogen (secondary N) is 1. The monoisotopic (exact) mass is 502 g/mol. The van der Waals surface area contributed by atoms with Gasteiger partial charge in [-0.1, -0.05) is 46.3 Å². The minimum Gasteiger partial charge on any atom is -0.345 e. The Bertz CT molecular complexity index is 1330. The summed E-state index contributed by atoms with van der Waals surface area (Å²) >= 11 is 3.38. The molecule has 0 fully saturated rings. The van der Waals surface area contributed by atoms with E-state index in [9.17, 15) is 9.59 Å². The Morgan fingerprint density at radius 1 is 0.970 bits per heavy atom. The Hall–Kier alpha value is -3.45. The molecule has 0 radical (unpaired) electrons. The van der Waals surface area contributed by atoms with Crippen molar-refractivity contribution >= 4 is 44.5 Å². The average Bonchev–Trinajstić information content (AvgIpc) is 3.19. The SMILES string of the molecule is O=C(NCc1nc2ccccc2n1CC(=O)N1CCCc2ccccc21)c1ccc(Br)cc1. The van der Waals surface area contributed by atoms with Crippen LogP contribution in [-0.2, 0) is 24.3 Å². The van der Waals surface area contributed by atoms with Crippen molar-refractivity contribution in [3.63, 3.8) is 0 Å². The molecule has 0 aliphatic carbocycles. The molecule has 0 spiro atoms. The van der Waals surface area contributed by atoms with Gasteiger partial charge >= 0.3 is 0 Å². The lowest BCUT2D eigenvalue weighted by molar-refractivity contribution is -0.119. The average molecular weight is 503 g/mol. The maximum atomic E-state index is 13.4. The highest BCUT2D eigenvalue weighted by atomic mass is 79.9. The van der Waals surface area contributed by atoms with Crippen molar-refractivity contribution in [3.8, 4) is 0 Å². The Kier molecular flexibility index (Phi) is 5.96. The van der Waals surface area contributed by atoms with E-state index in [1.165, 1.54) is 5.56 Å². The minimum absolute atomic E-state index is 0.0192. The predicted octanol–water partition coefficient (Wildman–Crippen LogP) is 4.71. The van der Waals surface area contributed by atoms with Crippen molar-refractivity contribution in [2.45, 2.75) is 25.9 Å². The quantitative estimate of drug-likeness (QED) is 0.429. The summed E-state index contributed by atoms with van der Waals surface area (Å²) in [7, 11) is 0. The summed E-state index contributed by atoms with van der Waals surface area (Å²) in [6, 6.07) is 23.0. The third-order valence-corrected chi connectivity index (χ3v) is 6.48. The number of halogens is 1. The fraction of sp³-hybridized carbons (Fsp3) is 0.192. The van der Waals surface area contributed by atoms with E-state index in [-0.39, 0.29) is 24.9 Å². The van der Waals surface area contributed by atoms with Gasteiger partial charge < -0.3 is 14.8 Å². The molecule has 5 rings (SSSR count). The van der Waals surface area contributed by atoms with E-state index in [4.69, 9.17) is 4.98 Å². The molecule has 2 heterocycles. The van der Waals surface area contributed by atoms with Crippen LogP contribution >= 0.6 is 15.9 Å². The van der Waals surface area contributed by atoms with E-state index in [0.717, 1.165) is 34.0 Å². The van der Waals surface area contributed by atoms with Crippen molar-refractivity contribution < 1.29 is 9.59 Å². The number of benzene rings is 3. The molecule has 1 N–H and O–H groups in total. The first-order chi connectivity index (χ1) is 16.1. The van der Waals surface area contributed by atoms with Gasteiger partial charge in [0.25, 0.3) is 5.91 Å². The van der Waals surface area contributed by atoms with Crippen LogP contribution in [0, 0.1) is 0 Å². The smallest absolute Gasteiger partial charge is 0.251 e. The van der Waals surface area contributed by atoms with Gasteiger partial charge in [0, 0.05) is 22.3 Å². The van der Waals surface area contributed by atoms with Crippen molar-refractivity contribution in [1.82, 2.24) is 14.9 Å². The number of hydrogen-bond donors (Lipinski definition) is 1. The lowest BCUT2D eigenvalue weighted by Crippen LogP contribution is -2.38. The third-order valence-electron chi connectivity index (χ3n) is 5.95. The molecule has 6 nitrogen and oxygen atoms in total. The number of hydrogen-bond acceptors (Lipinski definition) is 3. The van der Waals surface area contributed by atoms with E-state index in [0.29, 0.717) is 17.9 Å². The number of aryl methyl sites for hydroxylation is 1. The maximum absolute atomic E-state index is 13.4. The molecule has 1 aliphatic rings. The summed E-state index contributed by atoms with van der Waals surface area (Å²) in [6.45, 7) is 1.10. The van der Waals surface area contributed by atoms with E-state index in [2.05, 4.69) is 27.3 Å². The summed E-state index contributed by atoms with van der Waals surface area (Å²) in [5.41, 5.74) is 4.45. The molecule has 0 unspecified atom stereocenters. The summed E-state index contributed by atoms with van der Waals surface area (Å²) < 4.78 is 2.83. The van der Waals surface area contributed by atoms with E-state index >= 15 is 0 Å². The molecule has 0 bridgehead atoms. The summed E-state index contributed by atoms with van der Waals surface area (Å²) in [5.74, 6) is 0.489. The van der Waals surface area contributed by atoms with Gasteiger partial charge in [0.1, 0.15) is 12.4 Å². The van der Waals surface area contributed by atoms with Crippen LogP contribution in [0.5, 0.6) is 0 Å². The summed E-state index contributed by atoms with van der Waals surface area (Å²) in [6.07, 6.45) is 1.94. The van der Waals surface area contributed by atoms with Crippen molar-refractivity contribution in [3.05, 3.63) is 94.2 Å². The zero-order chi connectivity index (χ0) is 22.8. The van der Waals surface area contributed by atoms with Crippen LogP contribution < -0.4 is 10.2 Å². The first-order valence-corrected chi connectivity index (χ1v) is 11.8. The molecule has 3 aromatic carbocycles. The van der Waals surface area contributed by atoms with Crippen LogP contribution in [0.15, 0.2) is 77.3 Å².